The molecule has 1 heterocycles. The van der Waals surface area contributed by atoms with Gasteiger partial charge in [0.25, 0.3) is 0 Å². The van der Waals surface area contributed by atoms with Gasteiger partial charge < -0.3 is 15.8 Å². The summed E-state index contributed by atoms with van der Waals surface area (Å²) in [5.74, 6) is 1.39. The normalized spacial score (nSPS) is 10.3. The lowest BCUT2D eigenvalue weighted by molar-refractivity contribution is -0.121. The van der Waals surface area contributed by atoms with E-state index in [9.17, 15) is 4.79 Å². The van der Waals surface area contributed by atoms with Crippen LogP contribution < -0.4 is 15.8 Å². The van der Waals surface area contributed by atoms with Crippen molar-refractivity contribution in [1.82, 2.24) is 20.5 Å². The molecule has 0 saturated carbocycles. The van der Waals surface area contributed by atoms with E-state index in [1.165, 1.54) is 6.33 Å². The number of hydrogen-bond acceptors (Lipinski definition) is 5. The lowest BCUT2D eigenvalue weighted by atomic mass is 10.3. The molecule has 7 heteroatoms. The molecule has 0 aliphatic carbocycles. The summed E-state index contributed by atoms with van der Waals surface area (Å²) in [5, 5.41) is 9.37. The number of hydrogen-bond donors (Lipinski definition) is 3. The lowest BCUT2D eigenvalue weighted by Gasteiger charge is -2.08. The van der Waals surface area contributed by atoms with Crippen LogP contribution in [-0.2, 0) is 11.2 Å². The van der Waals surface area contributed by atoms with Crippen LogP contribution in [0.3, 0.4) is 0 Å². The predicted octanol–water partition coefficient (Wildman–Crippen LogP) is 0.905. The van der Waals surface area contributed by atoms with Crippen molar-refractivity contribution in [2.45, 2.75) is 19.3 Å². The van der Waals surface area contributed by atoms with Gasteiger partial charge in [-0.3, -0.25) is 9.89 Å². The second-order valence-corrected chi connectivity index (χ2v) is 4.52. The van der Waals surface area contributed by atoms with Crippen LogP contribution in [0.5, 0.6) is 5.75 Å². The van der Waals surface area contributed by atoms with E-state index in [4.69, 9.17) is 10.5 Å². The Morgan fingerprint density at radius 3 is 3.00 bits per heavy atom. The van der Waals surface area contributed by atoms with Crippen LogP contribution in [0.4, 0.5) is 5.69 Å². The number of anilines is 1. The molecule has 4 N–H and O–H groups in total. The molecule has 0 aliphatic rings. The van der Waals surface area contributed by atoms with Crippen LogP contribution in [-0.4, -0.2) is 34.2 Å². The number of rotatable bonds is 8. The second-order valence-electron chi connectivity index (χ2n) is 4.52. The molecule has 0 aliphatic heterocycles. The molecule has 0 radical (unpaired) electrons. The monoisotopic (exact) mass is 289 g/mol. The van der Waals surface area contributed by atoms with Gasteiger partial charge in [0.2, 0.25) is 5.91 Å². The van der Waals surface area contributed by atoms with Gasteiger partial charge in [-0.2, -0.15) is 5.10 Å². The molecule has 21 heavy (non-hydrogen) atoms. The Kier molecular flexibility index (Phi) is 5.57. The third kappa shape index (κ3) is 5.13. The highest BCUT2D eigenvalue weighted by Crippen LogP contribution is 2.19. The Morgan fingerprint density at radius 1 is 1.38 bits per heavy atom. The molecule has 7 nitrogen and oxygen atoms in total. The Labute approximate surface area is 122 Å². The molecular weight excluding hydrogens is 270 g/mol. The summed E-state index contributed by atoms with van der Waals surface area (Å²) in [4.78, 5) is 15.6. The van der Waals surface area contributed by atoms with Gasteiger partial charge in [-0.1, -0.05) is 12.1 Å². The van der Waals surface area contributed by atoms with Gasteiger partial charge in [0.05, 0.1) is 18.7 Å². The molecule has 1 aromatic heterocycles. The highest BCUT2D eigenvalue weighted by Gasteiger charge is 2.03. The smallest absolute Gasteiger partial charge is 0.223 e. The van der Waals surface area contributed by atoms with Gasteiger partial charge in [0.1, 0.15) is 17.9 Å². The van der Waals surface area contributed by atoms with Crippen molar-refractivity contribution >= 4 is 11.6 Å². The van der Waals surface area contributed by atoms with Crippen molar-refractivity contribution < 1.29 is 9.53 Å². The number of aromatic amines is 1. The summed E-state index contributed by atoms with van der Waals surface area (Å²) >= 11 is 0. The van der Waals surface area contributed by atoms with Gasteiger partial charge in [0.15, 0.2) is 0 Å². The quantitative estimate of drug-likeness (QED) is 0.494. The molecule has 0 fully saturated rings. The number of nitrogens with one attached hydrogen (secondary N) is 2. The molecule has 1 aromatic carbocycles. The SMILES string of the molecule is Nc1ccccc1OCCC(=O)NCCCc1ncn[nH]1. The maximum absolute atomic E-state index is 11.6. The number of aryl methyl sites for hydroxylation is 1. The first-order chi connectivity index (χ1) is 10.3. The largest absolute Gasteiger partial charge is 0.491 e. The van der Waals surface area contributed by atoms with E-state index in [-0.39, 0.29) is 5.91 Å². The van der Waals surface area contributed by atoms with Crippen molar-refractivity contribution in [3.05, 3.63) is 36.4 Å². The summed E-state index contributed by atoms with van der Waals surface area (Å²) in [6.07, 6.45) is 3.35. The van der Waals surface area contributed by atoms with Crippen LogP contribution >= 0.6 is 0 Å². The van der Waals surface area contributed by atoms with Crippen molar-refractivity contribution in [2.75, 3.05) is 18.9 Å². The van der Waals surface area contributed by atoms with E-state index in [2.05, 4.69) is 20.5 Å². The number of para-hydroxylation sites is 2. The molecule has 0 spiro atoms. The number of H-pyrrole nitrogens is 1. The van der Waals surface area contributed by atoms with Crippen molar-refractivity contribution in [1.29, 1.82) is 0 Å². The van der Waals surface area contributed by atoms with E-state index in [1.807, 2.05) is 12.1 Å². The lowest BCUT2D eigenvalue weighted by Crippen LogP contribution is -2.26. The topological polar surface area (TPSA) is 106 Å². The van der Waals surface area contributed by atoms with Crippen LogP contribution in [0.2, 0.25) is 0 Å². The minimum atomic E-state index is -0.0397. The number of nitrogen functional groups attached to an aromatic ring is 1. The van der Waals surface area contributed by atoms with E-state index in [1.54, 1.807) is 12.1 Å². The fourth-order valence-electron chi connectivity index (χ4n) is 1.79. The predicted molar refractivity (Wildman–Crippen MR) is 78.7 cm³/mol. The summed E-state index contributed by atoms with van der Waals surface area (Å²) in [6.45, 7) is 0.912. The van der Waals surface area contributed by atoms with Gasteiger partial charge >= 0.3 is 0 Å². The molecule has 0 atom stereocenters. The number of ether oxygens (including phenoxy) is 1. The molecule has 1 amide bonds. The maximum Gasteiger partial charge on any atom is 0.223 e. The number of nitrogens with zero attached hydrogens (tertiary/aromatic N) is 2. The fourth-order valence-corrected chi connectivity index (χ4v) is 1.79. The Bertz CT molecular complexity index is 556. The molecular formula is C14H19N5O2. The van der Waals surface area contributed by atoms with E-state index in [0.29, 0.717) is 31.0 Å². The van der Waals surface area contributed by atoms with Crippen molar-refractivity contribution in [3.8, 4) is 5.75 Å². The number of aromatic nitrogens is 3. The Balaban J connectivity index is 1.56. The number of benzene rings is 1. The third-order valence-electron chi connectivity index (χ3n) is 2.88. The van der Waals surface area contributed by atoms with Crippen LogP contribution in [0.15, 0.2) is 30.6 Å². The number of carbonyl (C=O) groups is 1. The first kappa shape index (κ1) is 14.8. The molecule has 0 bridgehead atoms. The van der Waals surface area contributed by atoms with Crippen LogP contribution in [0.25, 0.3) is 0 Å². The third-order valence-corrected chi connectivity index (χ3v) is 2.88. The van der Waals surface area contributed by atoms with Crippen molar-refractivity contribution in [2.24, 2.45) is 0 Å². The first-order valence-electron chi connectivity index (χ1n) is 6.84. The van der Waals surface area contributed by atoms with E-state index in [0.717, 1.165) is 18.7 Å². The van der Waals surface area contributed by atoms with E-state index < -0.39 is 0 Å². The first-order valence-corrected chi connectivity index (χ1v) is 6.84. The van der Waals surface area contributed by atoms with Crippen molar-refractivity contribution in [3.63, 3.8) is 0 Å². The number of amides is 1. The van der Waals surface area contributed by atoms with Gasteiger partial charge in [-0.05, 0) is 18.6 Å². The van der Waals surface area contributed by atoms with Crippen LogP contribution in [0.1, 0.15) is 18.7 Å². The zero-order valence-corrected chi connectivity index (χ0v) is 11.7. The molecule has 0 saturated heterocycles. The van der Waals surface area contributed by atoms with Gasteiger partial charge in [-0.25, -0.2) is 4.98 Å². The highest BCUT2D eigenvalue weighted by atomic mass is 16.5. The summed E-state index contributed by atoms with van der Waals surface area (Å²) in [6, 6.07) is 7.22. The Hall–Kier alpha value is -2.57. The minimum absolute atomic E-state index is 0.0397. The molecule has 112 valence electrons. The summed E-state index contributed by atoms with van der Waals surface area (Å²) < 4.78 is 5.46. The van der Waals surface area contributed by atoms with Gasteiger partial charge in [-0.15, -0.1) is 0 Å². The zero-order valence-electron chi connectivity index (χ0n) is 11.7. The average molecular weight is 289 g/mol. The zero-order chi connectivity index (χ0) is 14.9. The maximum atomic E-state index is 11.6. The van der Waals surface area contributed by atoms with Crippen LogP contribution in [0, 0.1) is 0 Å². The summed E-state index contributed by atoms with van der Waals surface area (Å²) in [7, 11) is 0. The Morgan fingerprint density at radius 2 is 2.24 bits per heavy atom. The number of carbonyl (C=O) groups excluding carboxylic acids is 1. The average Bonchev–Trinajstić information content (AvgIpc) is 2.99. The van der Waals surface area contributed by atoms with Gasteiger partial charge in [0, 0.05) is 13.0 Å². The minimum Gasteiger partial charge on any atom is -0.491 e. The highest BCUT2D eigenvalue weighted by molar-refractivity contribution is 5.75. The standard InChI is InChI=1S/C14H19N5O2/c15-11-4-1-2-5-12(11)21-9-7-14(20)16-8-3-6-13-17-10-18-19-13/h1-2,4-5,10H,3,6-9,15H2,(H,16,20)(H,17,18,19). The molecule has 2 aromatic rings. The second kappa shape index (κ2) is 7.88. The number of nitrogens with two attached hydrogens (primary N) is 1. The molecule has 0 unspecified atom stereocenters. The summed E-state index contributed by atoms with van der Waals surface area (Å²) in [5.41, 5.74) is 6.32. The molecule has 2 rings (SSSR count). The van der Waals surface area contributed by atoms with E-state index >= 15 is 0 Å². The fraction of sp³-hybridized carbons (Fsp3) is 0.357.